The lowest BCUT2D eigenvalue weighted by Gasteiger charge is -2.38. The third-order valence-electron chi connectivity index (χ3n) is 3.47. The van der Waals surface area contributed by atoms with Crippen molar-refractivity contribution in [2.24, 2.45) is 5.73 Å². The Kier molecular flexibility index (Phi) is 2.66. The molecular formula is C10H20N2. The van der Waals surface area contributed by atoms with E-state index in [1.54, 1.807) is 0 Å². The van der Waals surface area contributed by atoms with Gasteiger partial charge in [0.1, 0.15) is 0 Å². The fourth-order valence-corrected chi connectivity index (χ4v) is 2.56. The smallest absolute Gasteiger partial charge is 0.0111 e. The van der Waals surface area contributed by atoms with Crippen LogP contribution in [0.15, 0.2) is 0 Å². The normalized spacial score (nSPS) is 32.2. The van der Waals surface area contributed by atoms with Crippen LogP contribution in [0.2, 0.25) is 0 Å². The number of hydrogen-bond donors (Lipinski definition) is 1. The van der Waals surface area contributed by atoms with Crippen LogP contribution in [0.1, 0.15) is 38.5 Å². The van der Waals surface area contributed by atoms with Gasteiger partial charge < -0.3 is 5.73 Å². The van der Waals surface area contributed by atoms with E-state index in [2.05, 4.69) is 4.90 Å². The summed E-state index contributed by atoms with van der Waals surface area (Å²) in [7, 11) is 0. The monoisotopic (exact) mass is 168 g/mol. The Bertz CT molecular complexity index is 143. The molecule has 2 rings (SSSR count). The third-order valence-corrected chi connectivity index (χ3v) is 3.47. The molecule has 2 N–H and O–H groups in total. The molecule has 2 aliphatic rings. The van der Waals surface area contributed by atoms with Crippen molar-refractivity contribution in [2.45, 2.75) is 50.6 Å². The van der Waals surface area contributed by atoms with E-state index in [9.17, 15) is 0 Å². The fraction of sp³-hybridized carbons (Fsp3) is 1.00. The van der Waals surface area contributed by atoms with E-state index >= 15 is 0 Å². The van der Waals surface area contributed by atoms with Gasteiger partial charge in [-0.05, 0) is 45.2 Å². The molecule has 0 aromatic heterocycles. The Morgan fingerprint density at radius 1 is 1.17 bits per heavy atom. The molecule has 0 amide bonds. The molecule has 2 fully saturated rings. The first-order chi connectivity index (χ1) is 5.92. The van der Waals surface area contributed by atoms with E-state index in [0.29, 0.717) is 0 Å². The van der Waals surface area contributed by atoms with Crippen molar-refractivity contribution in [1.82, 2.24) is 4.90 Å². The Morgan fingerprint density at radius 3 is 2.58 bits per heavy atom. The molecular weight excluding hydrogens is 148 g/mol. The predicted molar refractivity (Wildman–Crippen MR) is 51.0 cm³/mol. The topological polar surface area (TPSA) is 29.3 Å². The maximum Gasteiger partial charge on any atom is 0.0111 e. The molecule has 2 heteroatoms. The summed E-state index contributed by atoms with van der Waals surface area (Å²) in [5.74, 6) is 0. The number of nitrogens with two attached hydrogens (primary N) is 1. The number of rotatable bonds is 3. The highest BCUT2D eigenvalue weighted by Crippen LogP contribution is 2.32. The Hall–Kier alpha value is -0.0800. The molecule has 0 aromatic rings. The van der Waals surface area contributed by atoms with Crippen LogP contribution >= 0.6 is 0 Å². The Morgan fingerprint density at radius 2 is 2.00 bits per heavy atom. The zero-order chi connectivity index (χ0) is 8.39. The largest absolute Gasteiger partial charge is 0.330 e. The standard InChI is InChI=1S/C10H20N2/c11-7-6-10-5-2-8-12(10)9-3-1-4-9/h9-10H,1-8,11H2. The van der Waals surface area contributed by atoms with Gasteiger partial charge >= 0.3 is 0 Å². The molecule has 12 heavy (non-hydrogen) atoms. The van der Waals surface area contributed by atoms with Crippen LogP contribution in [0.3, 0.4) is 0 Å². The average Bonchev–Trinajstić information content (AvgIpc) is 2.35. The summed E-state index contributed by atoms with van der Waals surface area (Å²) in [4.78, 5) is 2.72. The van der Waals surface area contributed by atoms with Crippen LogP contribution in [0.4, 0.5) is 0 Å². The van der Waals surface area contributed by atoms with Gasteiger partial charge in [0.05, 0.1) is 0 Å². The van der Waals surface area contributed by atoms with Gasteiger partial charge in [-0.1, -0.05) is 6.42 Å². The molecule has 1 heterocycles. The maximum atomic E-state index is 5.60. The van der Waals surface area contributed by atoms with E-state index in [1.165, 1.54) is 45.1 Å². The summed E-state index contributed by atoms with van der Waals surface area (Å²) < 4.78 is 0. The van der Waals surface area contributed by atoms with Crippen molar-refractivity contribution >= 4 is 0 Å². The molecule has 2 nitrogen and oxygen atoms in total. The first-order valence-corrected chi connectivity index (χ1v) is 5.37. The van der Waals surface area contributed by atoms with Gasteiger partial charge in [-0.2, -0.15) is 0 Å². The highest BCUT2D eigenvalue weighted by molar-refractivity contribution is 4.88. The zero-order valence-corrected chi connectivity index (χ0v) is 7.84. The minimum atomic E-state index is 0.834. The average molecular weight is 168 g/mol. The van der Waals surface area contributed by atoms with E-state index in [4.69, 9.17) is 5.73 Å². The Balaban J connectivity index is 1.85. The van der Waals surface area contributed by atoms with Crippen molar-refractivity contribution in [3.63, 3.8) is 0 Å². The molecule has 1 aliphatic heterocycles. The maximum absolute atomic E-state index is 5.60. The van der Waals surface area contributed by atoms with Gasteiger partial charge in [-0.25, -0.2) is 0 Å². The molecule has 0 bridgehead atoms. The summed E-state index contributed by atoms with van der Waals surface area (Å²) in [6.45, 7) is 2.21. The van der Waals surface area contributed by atoms with E-state index in [-0.39, 0.29) is 0 Å². The quantitative estimate of drug-likeness (QED) is 0.689. The second-order valence-electron chi connectivity index (χ2n) is 4.20. The molecule has 1 atom stereocenters. The lowest BCUT2D eigenvalue weighted by Crippen LogP contribution is -2.43. The van der Waals surface area contributed by atoms with E-state index in [0.717, 1.165) is 18.6 Å². The SMILES string of the molecule is NCCC1CCCN1C1CCC1. The molecule has 0 aromatic carbocycles. The minimum absolute atomic E-state index is 0.834. The van der Waals surface area contributed by atoms with Crippen molar-refractivity contribution < 1.29 is 0 Å². The first kappa shape index (κ1) is 8.52. The van der Waals surface area contributed by atoms with Gasteiger partial charge in [0.25, 0.3) is 0 Å². The highest BCUT2D eigenvalue weighted by Gasteiger charge is 2.32. The minimum Gasteiger partial charge on any atom is -0.330 e. The molecule has 1 saturated heterocycles. The lowest BCUT2D eigenvalue weighted by atomic mass is 9.90. The van der Waals surface area contributed by atoms with Crippen molar-refractivity contribution in [3.8, 4) is 0 Å². The van der Waals surface area contributed by atoms with Gasteiger partial charge in [0.15, 0.2) is 0 Å². The van der Waals surface area contributed by atoms with E-state index < -0.39 is 0 Å². The van der Waals surface area contributed by atoms with Crippen LogP contribution in [-0.4, -0.2) is 30.1 Å². The van der Waals surface area contributed by atoms with Crippen LogP contribution in [-0.2, 0) is 0 Å². The van der Waals surface area contributed by atoms with Crippen LogP contribution in [0, 0.1) is 0 Å². The summed E-state index contributed by atoms with van der Waals surface area (Å²) in [6, 6.07) is 1.77. The molecule has 1 aliphatic carbocycles. The fourth-order valence-electron chi connectivity index (χ4n) is 2.56. The third kappa shape index (κ3) is 1.50. The van der Waals surface area contributed by atoms with Crippen LogP contribution in [0.25, 0.3) is 0 Å². The number of likely N-dealkylation sites (tertiary alicyclic amines) is 1. The van der Waals surface area contributed by atoms with Gasteiger partial charge in [0.2, 0.25) is 0 Å². The molecule has 1 saturated carbocycles. The summed E-state index contributed by atoms with van der Waals surface area (Å²) in [6.07, 6.45) is 8.37. The predicted octanol–water partition coefficient (Wildman–Crippen LogP) is 1.35. The van der Waals surface area contributed by atoms with Crippen molar-refractivity contribution in [3.05, 3.63) is 0 Å². The van der Waals surface area contributed by atoms with Gasteiger partial charge in [-0.15, -0.1) is 0 Å². The van der Waals surface area contributed by atoms with Gasteiger partial charge in [-0.3, -0.25) is 4.90 Å². The van der Waals surface area contributed by atoms with Crippen LogP contribution < -0.4 is 5.73 Å². The summed E-state index contributed by atoms with van der Waals surface area (Å²) >= 11 is 0. The molecule has 0 radical (unpaired) electrons. The van der Waals surface area contributed by atoms with Crippen molar-refractivity contribution in [1.29, 1.82) is 0 Å². The Labute approximate surface area is 75.1 Å². The molecule has 70 valence electrons. The van der Waals surface area contributed by atoms with Crippen LogP contribution in [0.5, 0.6) is 0 Å². The highest BCUT2D eigenvalue weighted by atomic mass is 15.2. The summed E-state index contributed by atoms with van der Waals surface area (Å²) in [5, 5.41) is 0. The molecule has 0 spiro atoms. The second-order valence-corrected chi connectivity index (χ2v) is 4.20. The zero-order valence-electron chi connectivity index (χ0n) is 7.84. The number of nitrogens with zero attached hydrogens (tertiary/aromatic N) is 1. The van der Waals surface area contributed by atoms with E-state index in [1.807, 2.05) is 0 Å². The second kappa shape index (κ2) is 3.75. The summed E-state index contributed by atoms with van der Waals surface area (Å²) in [5.41, 5.74) is 5.60. The van der Waals surface area contributed by atoms with Crippen molar-refractivity contribution in [2.75, 3.05) is 13.1 Å². The molecule has 1 unspecified atom stereocenters. The number of hydrogen-bond acceptors (Lipinski definition) is 2. The first-order valence-electron chi connectivity index (χ1n) is 5.37. The lowest BCUT2D eigenvalue weighted by molar-refractivity contribution is 0.111. The van der Waals surface area contributed by atoms with Gasteiger partial charge in [0, 0.05) is 12.1 Å².